The molecule has 0 radical (unpaired) electrons. The Labute approximate surface area is 169 Å². The zero-order valence-electron chi connectivity index (χ0n) is 15.6. The second-order valence-corrected chi connectivity index (χ2v) is 7.70. The van der Waals surface area contributed by atoms with E-state index in [1.807, 2.05) is 37.3 Å². The van der Waals surface area contributed by atoms with E-state index < -0.39 is 20.9 Å². The average molecular weight is 412 g/mol. The highest BCUT2D eigenvalue weighted by molar-refractivity contribution is 7.89. The molecule has 0 amide bonds. The van der Waals surface area contributed by atoms with Crippen molar-refractivity contribution in [2.45, 2.75) is 11.8 Å². The van der Waals surface area contributed by atoms with Crippen molar-refractivity contribution >= 4 is 27.4 Å². The Hall–Kier alpha value is -3.36. The van der Waals surface area contributed by atoms with E-state index in [2.05, 4.69) is 0 Å². The van der Waals surface area contributed by atoms with Crippen LogP contribution in [0.5, 0.6) is 11.5 Å². The number of sulfonamides is 1. The van der Waals surface area contributed by atoms with Gasteiger partial charge in [0, 0.05) is 12.2 Å². The van der Waals surface area contributed by atoms with Gasteiger partial charge in [-0.15, -0.1) is 0 Å². The first-order chi connectivity index (χ1) is 13.8. The Morgan fingerprint density at radius 1 is 1.03 bits per heavy atom. The van der Waals surface area contributed by atoms with E-state index in [4.69, 9.17) is 9.88 Å². The van der Waals surface area contributed by atoms with E-state index in [9.17, 15) is 18.3 Å². The molecule has 8 heteroatoms. The van der Waals surface area contributed by atoms with E-state index in [1.54, 1.807) is 35.2 Å². The fraction of sp³-hybridized carbons (Fsp3) is 0.0952. The molecule has 29 heavy (non-hydrogen) atoms. The first-order valence-electron chi connectivity index (χ1n) is 8.81. The molecular formula is C21H20N2O5S. The topological polar surface area (TPSA) is 110 Å². The molecule has 3 aromatic carbocycles. The number of carboxylic acids is 1. The highest BCUT2D eigenvalue weighted by Gasteiger charge is 2.26. The number of ether oxygens (including phenoxy) is 1. The van der Waals surface area contributed by atoms with Crippen LogP contribution >= 0.6 is 0 Å². The number of rotatable bonds is 7. The van der Waals surface area contributed by atoms with Crippen molar-refractivity contribution in [2.24, 2.45) is 5.14 Å². The van der Waals surface area contributed by atoms with Crippen molar-refractivity contribution in [2.75, 3.05) is 11.4 Å². The maximum atomic E-state index is 12.3. The van der Waals surface area contributed by atoms with E-state index in [-0.39, 0.29) is 17.0 Å². The molecule has 3 N–H and O–H groups in total. The van der Waals surface area contributed by atoms with Crippen LogP contribution in [0.3, 0.4) is 0 Å². The fourth-order valence-electron chi connectivity index (χ4n) is 2.93. The number of carboxylic acid groups (broad SMARTS) is 1. The van der Waals surface area contributed by atoms with Crippen molar-refractivity contribution in [1.29, 1.82) is 0 Å². The van der Waals surface area contributed by atoms with Gasteiger partial charge < -0.3 is 14.7 Å². The highest BCUT2D eigenvalue weighted by Crippen LogP contribution is 2.41. The minimum atomic E-state index is -4.27. The lowest BCUT2D eigenvalue weighted by Gasteiger charge is -2.27. The molecule has 150 valence electrons. The van der Waals surface area contributed by atoms with Crippen molar-refractivity contribution in [3.63, 3.8) is 0 Å². The molecule has 0 bridgehead atoms. The zero-order chi connectivity index (χ0) is 21.0. The van der Waals surface area contributed by atoms with E-state index in [0.29, 0.717) is 12.3 Å². The lowest BCUT2D eigenvalue weighted by Crippen LogP contribution is -2.20. The van der Waals surface area contributed by atoms with Gasteiger partial charge in [0.1, 0.15) is 10.6 Å². The molecule has 0 saturated carbocycles. The van der Waals surface area contributed by atoms with Gasteiger partial charge in [0.15, 0.2) is 5.75 Å². The number of hydrogen-bond acceptors (Lipinski definition) is 5. The zero-order valence-corrected chi connectivity index (χ0v) is 16.5. The lowest BCUT2D eigenvalue weighted by atomic mass is 10.1. The monoisotopic (exact) mass is 412 g/mol. The predicted molar refractivity (Wildman–Crippen MR) is 110 cm³/mol. The SMILES string of the molecule is CCN(c1ccccc1)c1cc(C(=O)O)cc(S(N)(=O)=O)c1Oc1ccccc1. The van der Waals surface area contributed by atoms with Crippen LogP contribution in [0.25, 0.3) is 0 Å². The van der Waals surface area contributed by atoms with Gasteiger partial charge in [-0.2, -0.15) is 0 Å². The Morgan fingerprint density at radius 3 is 2.14 bits per heavy atom. The second-order valence-electron chi connectivity index (χ2n) is 6.17. The Bertz CT molecular complexity index is 1120. The van der Waals surface area contributed by atoms with Crippen LogP contribution in [-0.4, -0.2) is 26.0 Å². The molecule has 0 fully saturated rings. The molecule has 0 saturated heterocycles. The predicted octanol–water partition coefficient (Wildman–Crippen LogP) is 3.98. The first kappa shape index (κ1) is 20.4. The number of aromatic carboxylic acids is 1. The van der Waals surface area contributed by atoms with Crippen molar-refractivity contribution < 1.29 is 23.1 Å². The van der Waals surface area contributed by atoms with Gasteiger partial charge in [-0.25, -0.2) is 18.4 Å². The van der Waals surface area contributed by atoms with Gasteiger partial charge >= 0.3 is 5.97 Å². The molecule has 0 aliphatic heterocycles. The van der Waals surface area contributed by atoms with Gasteiger partial charge in [0.2, 0.25) is 10.0 Å². The number of nitrogens with zero attached hydrogens (tertiary/aromatic N) is 1. The summed E-state index contributed by atoms with van der Waals surface area (Å²) in [6, 6.07) is 20.2. The molecule has 3 rings (SSSR count). The maximum absolute atomic E-state index is 12.3. The molecule has 0 aliphatic carbocycles. The number of hydrogen-bond donors (Lipinski definition) is 2. The molecule has 0 aliphatic rings. The number of carbonyl (C=O) groups is 1. The summed E-state index contributed by atoms with van der Waals surface area (Å²) in [6.45, 7) is 2.30. The van der Waals surface area contributed by atoms with Gasteiger partial charge in [-0.1, -0.05) is 36.4 Å². The molecule has 0 aromatic heterocycles. The van der Waals surface area contributed by atoms with Crippen LogP contribution in [0.1, 0.15) is 17.3 Å². The summed E-state index contributed by atoms with van der Waals surface area (Å²) in [7, 11) is -4.27. The molecular weight excluding hydrogens is 392 g/mol. The lowest BCUT2D eigenvalue weighted by molar-refractivity contribution is 0.0696. The van der Waals surface area contributed by atoms with E-state index in [1.165, 1.54) is 6.07 Å². The standard InChI is InChI=1S/C21H20N2O5S/c1-2-23(16-9-5-3-6-10-16)18-13-15(21(24)25)14-19(29(22,26)27)20(18)28-17-11-7-4-8-12-17/h3-14H,2H2,1H3,(H,24,25)(H2,22,26,27). The van der Waals surface area contributed by atoms with Gasteiger partial charge in [-0.3, -0.25) is 0 Å². The number of anilines is 2. The number of nitrogens with two attached hydrogens (primary N) is 1. The summed E-state index contributed by atoms with van der Waals surface area (Å²) in [5, 5.41) is 14.9. The smallest absolute Gasteiger partial charge is 0.335 e. The summed E-state index contributed by atoms with van der Waals surface area (Å²) in [5.41, 5.74) is 0.820. The first-order valence-corrected chi connectivity index (χ1v) is 10.4. The van der Waals surface area contributed by atoms with Crippen molar-refractivity contribution in [3.05, 3.63) is 78.4 Å². The van der Waals surface area contributed by atoms with Crippen LogP contribution in [0.2, 0.25) is 0 Å². The molecule has 0 spiro atoms. The third kappa shape index (κ3) is 4.56. The quantitative estimate of drug-likeness (QED) is 0.607. The van der Waals surface area contributed by atoms with Crippen molar-refractivity contribution in [1.82, 2.24) is 0 Å². The Morgan fingerprint density at radius 2 is 1.62 bits per heavy atom. The van der Waals surface area contributed by atoms with Crippen LogP contribution in [0, 0.1) is 0 Å². The van der Waals surface area contributed by atoms with Crippen LogP contribution in [0.15, 0.2) is 77.7 Å². The summed E-state index contributed by atoms with van der Waals surface area (Å²) in [6.07, 6.45) is 0. The molecule has 3 aromatic rings. The summed E-state index contributed by atoms with van der Waals surface area (Å²) in [5.74, 6) is -0.910. The maximum Gasteiger partial charge on any atom is 0.335 e. The average Bonchev–Trinajstić information content (AvgIpc) is 2.70. The number of primary sulfonamides is 1. The van der Waals surface area contributed by atoms with Crippen LogP contribution in [0.4, 0.5) is 11.4 Å². The van der Waals surface area contributed by atoms with E-state index in [0.717, 1.165) is 11.8 Å². The third-order valence-electron chi connectivity index (χ3n) is 4.23. The van der Waals surface area contributed by atoms with Gasteiger partial charge in [-0.05, 0) is 43.3 Å². The number of para-hydroxylation sites is 2. The Kier molecular flexibility index (Phi) is 5.86. The van der Waals surface area contributed by atoms with Crippen LogP contribution in [-0.2, 0) is 10.0 Å². The van der Waals surface area contributed by atoms with E-state index >= 15 is 0 Å². The molecule has 7 nitrogen and oxygen atoms in total. The summed E-state index contributed by atoms with van der Waals surface area (Å²) < 4.78 is 30.5. The molecule has 0 heterocycles. The third-order valence-corrected chi connectivity index (χ3v) is 5.14. The fourth-order valence-corrected chi connectivity index (χ4v) is 3.63. The highest BCUT2D eigenvalue weighted by atomic mass is 32.2. The number of benzene rings is 3. The molecule has 0 unspecified atom stereocenters. The van der Waals surface area contributed by atoms with Gasteiger partial charge in [0.25, 0.3) is 0 Å². The van der Waals surface area contributed by atoms with Crippen LogP contribution < -0.4 is 14.8 Å². The normalized spacial score (nSPS) is 11.1. The molecule has 0 atom stereocenters. The second kappa shape index (κ2) is 8.34. The summed E-state index contributed by atoms with van der Waals surface area (Å²) >= 11 is 0. The minimum absolute atomic E-state index is 0.0330. The largest absolute Gasteiger partial charge is 0.478 e. The van der Waals surface area contributed by atoms with Gasteiger partial charge in [0.05, 0.1) is 11.3 Å². The summed E-state index contributed by atoms with van der Waals surface area (Å²) in [4.78, 5) is 13.0. The Balaban J connectivity index is 2.31. The minimum Gasteiger partial charge on any atom is -0.478 e. The van der Waals surface area contributed by atoms with Crippen molar-refractivity contribution in [3.8, 4) is 11.5 Å².